The Morgan fingerprint density at radius 2 is 2.17 bits per heavy atom. The number of rotatable bonds is 3. The highest BCUT2D eigenvalue weighted by Crippen LogP contribution is 2.24. The van der Waals surface area contributed by atoms with Gasteiger partial charge >= 0.3 is 5.97 Å². The first-order valence-corrected chi connectivity index (χ1v) is 7.45. The summed E-state index contributed by atoms with van der Waals surface area (Å²) in [4.78, 5) is 27.6. The number of carboxylic acids is 1. The molecule has 124 valence electrons. The van der Waals surface area contributed by atoms with E-state index in [-0.39, 0.29) is 17.4 Å². The quantitative estimate of drug-likeness (QED) is 0.584. The lowest BCUT2D eigenvalue weighted by molar-refractivity contribution is 0.0693. The standard InChI is InChI=1S/C16H16N4O4/c1-9-6-7-12(19-18-11-4-2-3-5-13(11)21)14-17-8-10(16(23)24)15(22)20(9)14/h2-5,8-9,18,21H,6-7H2,1H3,(H,23,24)/b19-12+. The maximum atomic E-state index is 12.4. The van der Waals surface area contributed by atoms with Gasteiger partial charge in [-0.1, -0.05) is 12.1 Å². The van der Waals surface area contributed by atoms with Crippen molar-refractivity contribution < 1.29 is 15.0 Å². The SMILES string of the molecule is CC1CC/C(=N\Nc2ccccc2O)c2ncc(C(=O)O)c(=O)n21. The van der Waals surface area contributed by atoms with Gasteiger partial charge in [-0.3, -0.25) is 14.8 Å². The van der Waals surface area contributed by atoms with Crippen molar-refractivity contribution in [3.05, 3.63) is 52.2 Å². The van der Waals surface area contributed by atoms with Crippen LogP contribution in [-0.2, 0) is 0 Å². The van der Waals surface area contributed by atoms with Gasteiger partial charge in [-0.25, -0.2) is 9.78 Å². The third kappa shape index (κ3) is 2.73. The van der Waals surface area contributed by atoms with Gasteiger partial charge in [0.15, 0.2) is 5.82 Å². The molecule has 0 saturated carbocycles. The molecule has 1 aliphatic heterocycles. The fourth-order valence-corrected chi connectivity index (χ4v) is 2.63. The van der Waals surface area contributed by atoms with E-state index in [1.54, 1.807) is 18.2 Å². The second-order valence-corrected chi connectivity index (χ2v) is 5.55. The molecule has 8 heteroatoms. The lowest BCUT2D eigenvalue weighted by Gasteiger charge is -2.25. The van der Waals surface area contributed by atoms with E-state index in [9.17, 15) is 14.7 Å². The van der Waals surface area contributed by atoms with Crippen molar-refractivity contribution in [2.45, 2.75) is 25.8 Å². The summed E-state index contributed by atoms with van der Waals surface area (Å²) < 4.78 is 1.36. The zero-order chi connectivity index (χ0) is 17.3. The lowest BCUT2D eigenvalue weighted by atomic mass is 10.0. The number of nitrogens with zero attached hydrogens (tertiary/aromatic N) is 3. The largest absolute Gasteiger partial charge is 0.506 e. The Kier molecular flexibility index (Phi) is 4.03. The molecule has 1 aliphatic rings. The molecule has 3 N–H and O–H groups in total. The first kappa shape index (κ1) is 15.7. The molecule has 0 spiro atoms. The molecule has 0 bridgehead atoms. The Morgan fingerprint density at radius 3 is 2.88 bits per heavy atom. The molecule has 0 fully saturated rings. The average molecular weight is 328 g/mol. The molecule has 2 aromatic rings. The topological polar surface area (TPSA) is 117 Å². The Balaban J connectivity index is 2.02. The molecule has 24 heavy (non-hydrogen) atoms. The summed E-state index contributed by atoms with van der Waals surface area (Å²) in [5.41, 5.74) is 2.78. The molecule has 1 aromatic heterocycles. The number of carbonyl (C=O) groups is 1. The van der Waals surface area contributed by atoms with Gasteiger partial charge in [-0.2, -0.15) is 5.10 Å². The predicted octanol–water partition coefficient (Wildman–Crippen LogP) is 1.82. The smallest absolute Gasteiger partial charge is 0.342 e. The molecule has 0 aliphatic carbocycles. The van der Waals surface area contributed by atoms with Crippen LogP contribution in [0.15, 0.2) is 40.4 Å². The third-order valence-electron chi connectivity index (χ3n) is 3.94. The van der Waals surface area contributed by atoms with Crippen molar-refractivity contribution in [2.24, 2.45) is 5.10 Å². The van der Waals surface area contributed by atoms with Crippen molar-refractivity contribution in [1.29, 1.82) is 0 Å². The van der Waals surface area contributed by atoms with Gasteiger partial charge < -0.3 is 10.2 Å². The van der Waals surface area contributed by atoms with Crippen molar-refractivity contribution in [3.63, 3.8) is 0 Å². The normalized spacial score (nSPS) is 18.2. The molecule has 1 atom stereocenters. The molecule has 1 unspecified atom stereocenters. The number of benzene rings is 1. The number of anilines is 1. The Morgan fingerprint density at radius 1 is 1.42 bits per heavy atom. The molecule has 2 heterocycles. The fraction of sp³-hybridized carbons (Fsp3) is 0.250. The number of aromatic hydroxyl groups is 1. The zero-order valence-electron chi connectivity index (χ0n) is 12.9. The number of hydrogen-bond donors (Lipinski definition) is 3. The van der Waals surface area contributed by atoms with E-state index in [4.69, 9.17) is 5.11 Å². The number of nitrogens with one attached hydrogen (secondary N) is 1. The molecular formula is C16H16N4O4. The van der Waals surface area contributed by atoms with Crippen LogP contribution in [-0.4, -0.2) is 31.4 Å². The van der Waals surface area contributed by atoms with Crippen molar-refractivity contribution >= 4 is 17.4 Å². The summed E-state index contributed by atoms with van der Waals surface area (Å²) >= 11 is 0. The first-order valence-electron chi connectivity index (χ1n) is 7.45. The maximum absolute atomic E-state index is 12.4. The number of fused-ring (bicyclic) bond motifs is 1. The Labute approximate surface area is 137 Å². The van der Waals surface area contributed by atoms with Crippen LogP contribution in [0.2, 0.25) is 0 Å². The molecule has 0 amide bonds. The van der Waals surface area contributed by atoms with Gasteiger partial charge in [-0.05, 0) is 31.9 Å². The van der Waals surface area contributed by atoms with E-state index < -0.39 is 11.5 Å². The van der Waals surface area contributed by atoms with E-state index in [0.717, 1.165) is 6.20 Å². The molecule has 1 aromatic carbocycles. The van der Waals surface area contributed by atoms with Crippen LogP contribution in [0.5, 0.6) is 5.75 Å². The monoisotopic (exact) mass is 328 g/mol. The highest BCUT2D eigenvalue weighted by Gasteiger charge is 2.26. The Bertz CT molecular complexity index is 888. The van der Waals surface area contributed by atoms with Crippen LogP contribution in [0.25, 0.3) is 0 Å². The van der Waals surface area contributed by atoms with E-state index in [1.165, 1.54) is 10.6 Å². The molecule has 0 saturated heterocycles. The summed E-state index contributed by atoms with van der Waals surface area (Å²) in [6, 6.07) is 6.48. The number of para-hydroxylation sites is 2. The van der Waals surface area contributed by atoms with Gasteiger partial charge in [0.2, 0.25) is 0 Å². The number of hydrazone groups is 1. The van der Waals surface area contributed by atoms with Crippen molar-refractivity contribution in [3.8, 4) is 5.75 Å². The summed E-state index contributed by atoms with van der Waals surface area (Å²) in [6.07, 6.45) is 2.28. The van der Waals surface area contributed by atoms with Gasteiger partial charge in [0.05, 0.1) is 5.69 Å². The number of carboxylic acid groups (broad SMARTS) is 1. The number of aromatic nitrogens is 2. The summed E-state index contributed by atoms with van der Waals surface area (Å²) in [7, 11) is 0. The minimum atomic E-state index is -1.30. The van der Waals surface area contributed by atoms with Crippen LogP contribution in [0.3, 0.4) is 0 Å². The second-order valence-electron chi connectivity index (χ2n) is 5.55. The van der Waals surface area contributed by atoms with Crippen LogP contribution in [0, 0.1) is 0 Å². The highest BCUT2D eigenvalue weighted by atomic mass is 16.4. The minimum absolute atomic E-state index is 0.0533. The van der Waals surface area contributed by atoms with Crippen LogP contribution < -0.4 is 11.0 Å². The lowest BCUT2D eigenvalue weighted by Crippen LogP contribution is -2.37. The fourth-order valence-electron chi connectivity index (χ4n) is 2.63. The summed E-state index contributed by atoms with van der Waals surface area (Å²) in [5.74, 6) is -0.907. The number of aromatic carboxylic acids is 1. The predicted molar refractivity (Wildman–Crippen MR) is 87.7 cm³/mol. The first-order chi connectivity index (χ1) is 11.5. The van der Waals surface area contributed by atoms with Gasteiger partial charge in [0.25, 0.3) is 5.56 Å². The van der Waals surface area contributed by atoms with Crippen LogP contribution in [0.4, 0.5) is 5.69 Å². The van der Waals surface area contributed by atoms with Gasteiger partial charge in [-0.15, -0.1) is 0 Å². The molecule has 8 nitrogen and oxygen atoms in total. The van der Waals surface area contributed by atoms with Crippen molar-refractivity contribution in [2.75, 3.05) is 5.43 Å². The number of hydrogen-bond acceptors (Lipinski definition) is 6. The van der Waals surface area contributed by atoms with E-state index in [1.807, 2.05) is 6.92 Å². The van der Waals surface area contributed by atoms with E-state index >= 15 is 0 Å². The highest BCUT2D eigenvalue weighted by molar-refractivity contribution is 5.99. The molecular weight excluding hydrogens is 312 g/mol. The summed E-state index contributed by atoms with van der Waals surface area (Å²) in [6.45, 7) is 1.84. The van der Waals surface area contributed by atoms with Gasteiger partial charge in [0, 0.05) is 12.2 Å². The van der Waals surface area contributed by atoms with E-state index in [2.05, 4.69) is 15.5 Å². The van der Waals surface area contributed by atoms with Gasteiger partial charge in [0.1, 0.15) is 17.0 Å². The molecule has 0 radical (unpaired) electrons. The van der Waals surface area contributed by atoms with Crippen LogP contribution in [0.1, 0.15) is 42.0 Å². The maximum Gasteiger partial charge on any atom is 0.342 e. The molecule has 3 rings (SSSR count). The minimum Gasteiger partial charge on any atom is -0.506 e. The average Bonchev–Trinajstić information content (AvgIpc) is 2.55. The number of phenols is 1. The van der Waals surface area contributed by atoms with Crippen molar-refractivity contribution in [1.82, 2.24) is 9.55 Å². The Hall–Kier alpha value is -3.16. The van der Waals surface area contributed by atoms with E-state index in [0.29, 0.717) is 30.1 Å². The van der Waals surface area contributed by atoms with Crippen LogP contribution >= 0.6 is 0 Å². The second kappa shape index (κ2) is 6.15. The summed E-state index contributed by atoms with van der Waals surface area (Å²) in [5, 5.41) is 23.1. The third-order valence-corrected chi connectivity index (χ3v) is 3.94. The number of phenolic OH excluding ortho intramolecular Hbond substituents is 1. The zero-order valence-corrected chi connectivity index (χ0v) is 12.9.